The highest BCUT2D eigenvalue weighted by atomic mass is 16.7. The Morgan fingerprint density at radius 3 is 2.81 bits per heavy atom. The molecule has 0 saturated carbocycles. The molecular weight excluding hydrogens is 340 g/mol. The molecule has 1 aromatic carbocycles. The Morgan fingerprint density at radius 2 is 2.00 bits per heavy atom. The Balaban J connectivity index is 1.46. The van der Waals surface area contributed by atoms with Crippen LogP contribution in [-0.4, -0.2) is 42.8 Å². The fourth-order valence-electron chi connectivity index (χ4n) is 3.12. The minimum Gasteiger partial charge on any atom is -0.481 e. The van der Waals surface area contributed by atoms with E-state index in [2.05, 4.69) is 5.32 Å². The lowest BCUT2D eigenvalue weighted by atomic mass is 10.1. The molecule has 1 saturated heterocycles. The molecule has 1 unspecified atom stereocenters. The number of aliphatic carboxylic acids is 1. The van der Waals surface area contributed by atoms with Gasteiger partial charge < -0.3 is 24.8 Å². The number of nitrogens with zero attached hydrogens (tertiary/aromatic N) is 1. The molecule has 0 bridgehead atoms. The summed E-state index contributed by atoms with van der Waals surface area (Å²) in [6.45, 7) is 1.00. The number of benzene rings is 1. The van der Waals surface area contributed by atoms with Gasteiger partial charge in [-0.05, 0) is 25.0 Å². The zero-order valence-corrected chi connectivity index (χ0v) is 14.4. The van der Waals surface area contributed by atoms with Crippen LogP contribution in [0.4, 0.5) is 5.69 Å². The largest absolute Gasteiger partial charge is 0.481 e. The third-order valence-electron chi connectivity index (χ3n) is 4.53. The van der Waals surface area contributed by atoms with Crippen LogP contribution < -0.4 is 19.7 Å². The number of carboxylic acid groups (broad SMARTS) is 1. The van der Waals surface area contributed by atoms with Gasteiger partial charge in [0, 0.05) is 37.7 Å². The summed E-state index contributed by atoms with van der Waals surface area (Å²) in [7, 11) is 0. The number of hydrogen-bond acceptors (Lipinski definition) is 5. The lowest BCUT2D eigenvalue weighted by Gasteiger charge is -2.17. The van der Waals surface area contributed by atoms with Crippen molar-refractivity contribution in [3.8, 4) is 11.5 Å². The predicted molar refractivity (Wildman–Crippen MR) is 92.1 cm³/mol. The summed E-state index contributed by atoms with van der Waals surface area (Å²) in [4.78, 5) is 36.6. The zero-order chi connectivity index (χ0) is 18.5. The monoisotopic (exact) mass is 362 g/mol. The molecule has 2 N–H and O–H groups in total. The van der Waals surface area contributed by atoms with Crippen molar-refractivity contribution >= 4 is 23.5 Å². The molecule has 2 aliphatic rings. The van der Waals surface area contributed by atoms with Crippen molar-refractivity contribution in [2.45, 2.75) is 32.1 Å². The van der Waals surface area contributed by atoms with Crippen molar-refractivity contribution in [3.63, 3.8) is 0 Å². The summed E-state index contributed by atoms with van der Waals surface area (Å²) in [5, 5.41) is 11.4. The van der Waals surface area contributed by atoms with Gasteiger partial charge in [0.1, 0.15) is 0 Å². The zero-order valence-electron chi connectivity index (χ0n) is 14.4. The first-order valence-electron chi connectivity index (χ1n) is 8.74. The summed E-state index contributed by atoms with van der Waals surface area (Å²) in [5.41, 5.74) is 0.697. The van der Waals surface area contributed by atoms with E-state index >= 15 is 0 Å². The molecule has 0 aromatic heterocycles. The molecule has 1 fully saturated rings. The van der Waals surface area contributed by atoms with Gasteiger partial charge in [-0.2, -0.15) is 0 Å². The SMILES string of the molecule is O=C(O)CCCCCNC(=O)C1CC(=O)N(c2ccc3c(c2)OCO3)C1. The first-order chi connectivity index (χ1) is 12.5. The second kappa shape index (κ2) is 8.07. The number of nitrogens with one attached hydrogen (secondary N) is 1. The summed E-state index contributed by atoms with van der Waals surface area (Å²) < 4.78 is 10.6. The molecule has 1 atom stereocenters. The van der Waals surface area contributed by atoms with Gasteiger partial charge in [0.15, 0.2) is 11.5 Å². The number of amides is 2. The number of hydrogen-bond donors (Lipinski definition) is 2. The summed E-state index contributed by atoms with van der Waals surface area (Å²) in [6, 6.07) is 5.30. The van der Waals surface area contributed by atoms with E-state index in [1.54, 1.807) is 23.1 Å². The molecule has 0 spiro atoms. The van der Waals surface area contributed by atoms with E-state index in [4.69, 9.17) is 14.6 Å². The minimum atomic E-state index is -0.804. The molecule has 26 heavy (non-hydrogen) atoms. The maximum Gasteiger partial charge on any atom is 0.303 e. The third-order valence-corrected chi connectivity index (χ3v) is 4.53. The Bertz CT molecular complexity index is 705. The number of carbonyl (C=O) groups is 3. The third kappa shape index (κ3) is 4.25. The number of carbonyl (C=O) groups excluding carboxylic acids is 2. The van der Waals surface area contributed by atoms with Crippen molar-refractivity contribution < 1.29 is 29.0 Å². The number of rotatable bonds is 8. The highest BCUT2D eigenvalue weighted by Gasteiger charge is 2.35. The van der Waals surface area contributed by atoms with Gasteiger partial charge in [0.25, 0.3) is 0 Å². The lowest BCUT2D eigenvalue weighted by Crippen LogP contribution is -2.33. The van der Waals surface area contributed by atoms with Crippen LogP contribution in [0.1, 0.15) is 32.1 Å². The van der Waals surface area contributed by atoms with E-state index in [-0.39, 0.29) is 37.4 Å². The predicted octanol–water partition coefficient (Wildman–Crippen LogP) is 1.53. The van der Waals surface area contributed by atoms with Crippen LogP contribution in [-0.2, 0) is 14.4 Å². The van der Waals surface area contributed by atoms with E-state index in [1.165, 1.54) is 0 Å². The van der Waals surface area contributed by atoms with Crippen LogP contribution in [0.25, 0.3) is 0 Å². The molecule has 2 amide bonds. The molecule has 2 heterocycles. The van der Waals surface area contributed by atoms with Gasteiger partial charge in [-0.25, -0.2) is 0 Å². The molecule has 1 aromatic rings. The second-order valence-corrected chi connectivity index (χ2v) is 6.44. The molecular formula is C18H22N2O6. The van der Waals surface area contributed by atoms with Crippen molar-refractivity contribution in [2.75, 3.05) is 24.8 Å². The van der Waals surface area contributed by atoms with Crippen molar-refractivity contribution in [1.82, 2.24) is 5.32 Å². The molecule has 8 nitrogen and oxygen atoms in total. The average molecular weight is 362 g/mol. The average Bonchev–Trinajstić information content (AvgIpc) is 3.23. The topological polar surface area (TPSA) is 105 Å². The first-order valence-corrected chi connectivity index (χ1v) is 8.74. The van der Waals surface area contributed by atoms with E-state index in [0.29, 0.717) is 36.7 Å². The Hall–Kier alpha value is -2.77. The highest BCUT2D eigenvalue weighted by molar-refractivity contribution is 6.00. The van der Waals surface area contributed by atoms with Crippen LogP contribution in [0, 0.1) is 5.92 Å². The maximum absolute atomic E-state index is 12.3. The summed E-state index contributed by atoms with van der Waals surface area (Å²) in [5.74, 6) is -0.165. The molecule has 3 rings (SSSR count). The van der Waals surface area contributed by atoms with E-state index in [0.717, 1.165) is 12.8 Å². The smallest absolute Gasteiger partial charge is 0.303 e. The Morgan fingerprint density at radius 1 is 1.19 bits per heavy atom. The summed E-state index contributed by atoms with van der Waals surface area (Å²) in [6.07, 6.45) is 2.41. The molecule has 140 valence electrons. The Labute approximate surface area is 151 Å². The first kappa shape index (κ1) is 18.0. The number of unbranched alkanes of at least 4 members (excludes halogenated alkanes) is 2. The number of ether oxygens (including phenoxy) is 2. The van der Waals surface area contributed by atoms with Gasteiger partial charge >= 0.3 is 5.97 Å². The van der Waals surface area contributed by atoms with Crippen molar-refractivity contribution in [2.24, 2.45) is 5.92 Å². The molecule has 0 aliphatic carbocycles. The van der Waals surface area contributed by atoms with Crippen LogP contribution >= 0.6 is 0 Å². The van der Waals surface area contributed by atoms with Crippen LogP contribution in [0.2, 0.25) is 0 Å². The molecule has 8 heteroatoms. The fourth-order valence-corrected chi connectivity index (χ4v) is 3.12. The van der Waals surface area contributed by atoms with Crippen LogP contribution in [0.15, 0.2) is 18.2 Å². The van der Waals surface area contributed by atoms with Gasteiger partial charge in [-0.15, -0.1) is 0 Å². The van der Waals surface area contributed by atoms with Gasteiger partial charge in [0.2, 0.25) is 18.6 Å². The number of carboxylic acids is 1. The second-order valence-electron chi connectivity index (χ2n) is 6.44. The van der Waals surface area contributed by atoms with Crippen molar-refractivity contribution in [3.05, 3.63) is 18.2 Å². The number of anilines is 1. The van der Waals surface area contributed by atoms with Crippen LogP contribution in [0.5, 0.6) is 11.5 Å². The van der Waals surface area contributed by atoms with Crippen molar-refractivity contribution in [1.29, 1.82) is 0 Å². The van der Waals surface area contributed by atoms with Crippen LogP contribution in [0.3, 0.4) is 0 Å². The molecule has 2 aliphatic heterocycles. The van der Waals surface area contributed by atoms with E-state index < -0.39 is 5.97 Å². The number of fused-ring (bicyclic) bond motifs is 1. The quantitative estimate of drug-likeness (QED) is 0.680. The van der Waals surface area contributed by atoms with E-state index in [9.17, 15) is 14.4 Å². The standard InChI is InChI=1S/C18H22N2O6/c21-16-8-12(18(24)19-7-3-1-2-4-17(22)23)10-20(16)13-5-6-14-15(9-13)26-11-25-14/h5-6,9,12H,1-4,7-8,10-11H2,(H,19,24)(H,22,23). The van der Waals surface area contributed by atoms with Gasteiger partial charge in [0.05, 0.1) is 5.92 Å². The van der Waals surface area contributed by atoms with Gasteiger partial charge in [-0.1, -0.05) is 6.42 Å². The summed E-state index contributed by atoms with van der Waals surface area (Å²) >= 11 is 0. The van der Waals surface area contributed by atoms with Gasteiger partial charge in [-0.3, -0.25) is 14.4 Å². The highest BCUT2D eigenvalue weighted by Crippen LogP contribution is 2.37. The normalized spacial score (nSPS) is 18.2. The van der Waals surface area contributed by atoms with E-state index in [1.807, 2.05) is 0 Å². The fraction of sp³-hybridized carbons (Fsp3) is 0.500. The minimum absolute atomic E-state index is 0.0922. The Kier molecular flexibility index (Phi) is 5.60. The lowest BCUT2D eigenvalue weighted by molar-refractivity contribution is -0.137. The molecule has 0 radical (unpaired) electrons. The maximum atomic E-state index is 12.3.